The first-order valence-corrected chi connectivity index (χ1v) is 10.7. The number of fused-ring (bicyclic) bond motifs is 1. The van der Waals surface area contributed by atoms with Gasteiger partial charge in [0.05, 0.1) is 34.0 Å². The number of hydrogen-bond acceptors (Lipinski definition) is 7. The average molecular weight is 407 g/mol. The van der Waals surface area contributed by atoms with E-state index < -0.39 is 0 Å². The second-order valence-electron chi connectivity index (χ2n) is 7.40. The standard InChI is InChI=1S/C21H22N6OS/c28-17-6-2-1-4-14(17)25-21-26-15-8-7-13(12-18(15)29-21)19(20-22-10-11-23-20)16-5-3-9-24-27-16/h3,5,7-12,14,17,19,28H,1-2,4,6H2,(H,22,23)(H,25,26). The van der Waals surface area contributed by atoms with Crippen LogP contribution in [0.4, 0.5) is 5.13 Å². The predicted molar refractivity (Wildman–Crippen MR) is 113 cm³/mol. The molecule has 1 saturated carbocycles. The molecule has 1 aromatic carbocycles. The van der Waals surface area contributed by atoms with Crippen LogP contribution >= 0.6 is 11.3 Å². The quantitative estimate of drug-likeness (QED) is 0.467. The molecule has 5 rings (SSSR count). The minimum absolute atomic E-state index is 0.0826. The van der Waals surface area contributed by atoms with E-state index >= 15 is 0 Å². The number of rotatable bonds is 5. The summed E-state index contributed by atoms with van der Waals surface area (Å²) in [4.78, 5) is 12.4. The summed E-state index contributed by atoms with van der Waals surface area (Å²) < 4.78 is 1.09. The van der Waals surface area contributed by atoms with Crippen LogP contribution in [-0.4, -0.2) is 42.4 Å². The van der Waals surface area contributed by atoms with Gasteiger partial charge >= 0.3 is 0 Å². The SMILES string of the molecule is OC1CCCCC1Nc1nc2ccc(C(c3cccnn3)c3ncc[nH]3)cc2s1. The molecule has 0 spiro atoms. The summed E-state index contributed by atoms with van der Waals surface area (Å²) in [5.74, 6) is 0.708. The Kier molecular flexibility index (Phi) is 4.95. The molecular weight excluding hydrogens is 384 g/mol. The number of H-pyrrole nitrogens is 1. The molecule has 7 nitrogen and oxygen atoms in total. The summed E-state index contributed by atoms with van der Waals surface area (Å²) in [6.45, 7) is 0. The van der Waals surface area contributed by atoms with Crippen LogP contribution in [0.25, 0.3) is 10.2 Å². The van der Waals surface area contributed by atoms with Crippen molar-refractivity contribution in [1.82, 2.24) is 25.1 Å². The van der Waals surface area contributed by atoms with Crippen molar-refractivity contribution in [3.05, 3.63) is 66.0 Å². The normalized spacial score (nSPS) is 20.6. The van der Waals surface area contributed by atoms with Crippen LogP contribution in [0.1, 0.15) is 48.7 Å². The molecule has 1 fully saturated rings. The van der Waals surface area contributed by atoms with E-state index in [9.17, 15) is 5.11 Å². The molecule has 1 aliphatic carbocycles. The first kappa shape index (κ1) is 18.2. The van der Waals surface area contributed by atoms with E-state index in [0.29, 0.717) is 0 Å². The van der Waals surface area contributed by atoms with Crippen molar-refractivity contribution < 1.29 is 5.11 Å². The fraction of sp³-hybridized carbons (Fsp3) is 0.333. The number of aliphatic hydroxyl groups is 1. The predicted octanol–water partition coefficient (Wildman–Crippen LogP) is 3.71. The lowest BCUT2D eigenvalue weighted by Gasteiger charge is -2.27. The van der Waals surface area contributed by atoms with E-state index in [4.69, 9.17) is 4.98 Å². The van der Waals surface area contributed by atoms with Gasteiger partial charge in [-0.1, -0.05) is 30.2 Å². The van der Waals surface area contributed by atoms with Gasteiger partial charge in [-0.3, -0.25) is 0 Å². The van der Waals surface area contributed by atoms with Gasteiger partial charge in [0.25, 0.3) is 0 Å². The van der Waals surface area contributed by atoms with Gasteiger partial charge in [-0.15, -0.1) is 0 Å². The van der Waals surface area contributed by atoms with Gasteiger partial charge in [-0.05, 0) is 42.7 Å². The molecule has 0 aliphatic heterocycles. The molecule has 29 heavy (non-hydrogen) atoms. The molecule has 8 heteroatoms. The molecule has 3 atom stereocenters. The number of imidazole rings is 1. The van der Waals surface area contributed by atoms with E-state index in [1.54, 1.807) is 23.7 Å². The Morgan fingerprint density at radius 1 is 1.17 bits per heavy atom. The van der Waals surface area contributed by atoms with Crippen LogP contribution in [0, 0.1) is 0 Å². The molecule has 148 valence electrons. The maximum atomic E-state index is 10.2. The van der Waals surface area contributed by atoms with E-state index in [-0.39, 0.29) is 18.1 Å². The third-order valence-corrected chi connectivity index (χ3v) is 6.42. The summed E-state index contributed by atoms with van der Waals surface area (Å²) in [5, 5.41) is 22.9. The summed E-state index contributed by atoms with van der Waals surface area (Å²) in [5.41, 5.74) is 2.87. The van der Waals surface area contributed by atoms with E-state index in [1.165, 1.54) is 0 Å². The van der Waals surface area contributed by atoms with Gasteiger partial charge < -0.3 is 15.4 Å². The van der Waals surface area contributed by atoms with Gasteiger partial charge in [0.1, 0.15) is 5.82 Å². The number of thiazole rings is 1. The lowest BCUT2D eigenvalue weighted by Crippen LogP contribution is -2.36. The molecular formula is C21H22N6OS. The molecule has 0 bridgehead atoms. The second-order valence-corrected chi connectivity index (χ2v) is 8.44. The highest BCUT2D eigenvalue weighted by Gasteiger charge is 2.25. The van der Waals surface area contributed by atoms with E-state index in [0.717, 1.165) is 58.1 Å². The zero-order valence-electron chi connectivity index (χ0n) is 15.8. The van der Waals surface area contributed by atoms with Crippen molar-refractivity contribution in [2.24, 2.45) is 0 Å². The van der Waals surface area contributed by atoms with Gasteiger partial charge in [0, 0.05) is 18.6 Å². The Morgan fingerprint density at radius 3 is 2.90 bits per heavy atom. The Bertz CT molecular complexity index is 1080. The molecule has 3 aromatic heterocycles. The maximum absolute atomic E-state index is 10.2. The third kappa shape index (κ3) is 3.73. The van der Waals surface area contributed by atoms with Crippen LogP contribution < -0.4 is 5.32 Å². The number of benzene rings is 1. The molecule has 0 saturated heterocycles. The van der Waals surface area contributed by atoms with E-state index in [2.05, 4.69) is 37.6 Å². The van der Waals surface area contributed by atoms with Crippen molar-refractivity contribution >= 4 is 26.7 Å². The fourth-order valence-electron chi connectivity index (χ4n) is 3.99. The first-order valence-electron chi connectivity index (χ1n) is 9.90. The van der Waals surface area contributed by atoms with Gasteiger partial charge in [-0.25, -0.2) is 9.97 Å². The third-order valence-electron chi connectivity index (χ3n) is 5.47. The zero-order chi connectivity index (χ0) is 19.6. The maximum Gasteiger partial charge on any atom is 0.184 e. The Labute approximate surface area is 172 Å². The zero-order valence-corrected chi connectivity index (χ0v) is 16.6. The van der Waals surface area contributed by atoms with Crippen molar-refractivity contribution in [3.8, 4) is 0 Å². The van der Waals surface area contributed by atoms with Crippen LogP contribution in [-0.2, 0) is 0 Å². The average Bonchev–Trinajstić information content (AvgIpc) is 3.40. The van der Waals surface area contributed by atoms with Crippen LogP contribution in [0.15, 0.2) is 48.9 Å². The summed E-state index contributed by atoms with van der Waals surface area (Å²) in [7, 11) is 0. The molecule has 1 aliphatic rings. The minimum atomic E-state index is -0.300. The number of anilines is 1. The molecule has 0 amide bonds. The number of hydrogen-bond donors (Lipinski definition) is 3. The lowest BCUT2D eigenvalue weighted by molar-refractivity contribution is 0.116. The first-order chi connectivity index (χ1) is 14.3. The number of nitrogens with zero attached hydrogens (tertiary/aromatic N) is 4. The molecule has 0 radical (unpaired) electrons. The van der Waals surface area contributed by atoms with Gasteiger partial charge in [0.15, 0.2) is 5.13 Å². The van der Waals surface area contributed by atoms with Gasteiger partial charge in [-0.2, -0.15) is 10.2 Å². The van der Waals surface area contributed by atoms with Crippen LogP contribution in [0.2, 0.25) is 0 Å². The smallest absolute Gasteiger partial charge is 0.184 e. The fourth-order valence-corrected chi connectivity index (χ4v) is 4.97. The number of nitrogens with one attached hydrogen (secondary N) is 2. The van der Waals surface area contributed by atoms with Crippen LogP contribution in [0.5, 0.6) is 0 Å². The topological polar surface area (TPSA) is 99.6 Å². The Morgan fingerprint density at radius 2 is 2.10 bits per heavy atom. The van der Waals surface area contributed by atoms with Crippen LogP contribution in [0.3, 0.4) is 0 Å². The monoisotopic (exact) mass is 406 g/mol. The summed E-state index contributed by atoms with van der Waals surface area (Å²) in [6, 6.07) is 10.2. The Hall–Kier alpha value is -2.84. The van der Waals surface area contributed by atoms with E-state index in [1.807, 2.05) is 24.4 Å². The van der Waals surface area contributed by atoms with Crippen molar-refractivity contribution in [1.29, 1.82) is 0 Å². The van der Waals surface area contributed by atoms with Gasteiger partial charge in [0.2, 0.25) is 0 Å². The summed E-state index contributed by atoms with van der Waals surface area (Å²) in [6.07, 6.45) is 9.03. The lowest BCUT2D eigenvalue weighted by atomic mass is 9.93. The molecule has 3 heterocycles. The number of aromatic nitrogens is 5. The largest absolute Gasteiger partial charge is 0.391 e. The molecule has 4 aromatic rings. The Balaban J connectivity index is 1.48. The summed E-state index contributed by atoms with van der Waals surface area (Å²) >= 11 is 1.62. The second kappa shape index (κ2) is 7.88. The highest BCUT2D eigenvalue weighted by atomic mass is 32.1. The van der Waals surface area contributed by atoms with Crippen molar-refractivity contribution in [2.75, 3.05) is 5.32 Å². The number of aromatic amines is 1. The molecule has 3 N–H and O–H groups in total. The van der Waals surface area contributed by atoms with Crippen molar-refractivity contribution in [2.45, 2.75) is 43.7 Å². The number of aliphatic hydroxyl groups excluding tert-OH is 1. The van der Waals surface area contributed by atoms with Crippen molar-refractivity contribution in [3.63, 3.8) is 0 Å². The highest BCUT2D eigenvalue weighted by Crippen LogP contribution is 2.34. The molecule has 3 unspecified atom stereocenters. The highest BCUT2D eigenvalue weighted by molar-refractivity contribution is 7.22. The minimum Gasteiger partial charge on any atom is -0.391 e.